The van der Waals surface area contributed by atoms with Gasteiger partial charge >= 0.3 is 6.61 Å². The van der Waals surface area contributed by atoms with E-state index in [0.29, 0.717) is 30.4 Å². The van der Waals surface area contributed by atoms with Crippen molar-refractivity contribution in [2.24, 2.45) is 10.7 Å². The molecule has 1 saturated heterocycles. The van der Waals surface area contributed by atoms with Crippen LogP contribution in [0.3, 0.4) is 0 Å². The second kappa shape index (κ2) is 10.6. The zero-order chi connectivity index (χ0) is 19.2. The number of nitrogens with two attached hydrogens (primary N) is 1. The van der Waals surface area contributed by atoms with Crippen molar-refractivity contribution in [2.75, 3.05) is 38.2 Å². The van der Waals surface area contributed by atoms with E-state index >= 15 is 0 Å². The number of halogens is 3. The van der Waals surface area contributed by atoms with Gasteiger partial charge in [0.1, 0.15) is 11.5 Å². The van der Waals surface area contributed by atoms with Crippen LogP contribution in [0.1, 0.15) is 5.56 Å². The molecule has 0 amide bonds. The first-order valence-corrected chi connectivity index (χ1v) is 9.26. The highest BCUT2D eigenvalue weighted by Gasteiger charge is 2.20. The molecule has 2 N–H and O–H groups in total. The fourth-order valence-corrected chi connectivity index (χ4v) is 3.48. The summed E-state index contributed by atoms with van der Waals surface area (Å²) in [6, 6.07) is 4.62. The molecule has 0 atom stereocenters. The van der Waals surface area contributed by atoms with Crippen LogP contribution in [0.25, 0.3) is 0 Å². The molecule has 1 aliphatic heterocycles. The topological polar surface area (TPSA) is 76.2 Å². The summed E-state index contributed by atoms with van der Waals surface area (Å²) in [6.45, 7) is 0.238. The Morgan fingerprint density at radius 1 is 1.32 bits per heavy atom. The summed E-state index contributed by atoms with van der Waals surface area (Å²) >= 11 is 1.60. The van der Waals surface area contributed by atoms with Crippen LogP contribution in [0.5, 0.6) is 11.5 Å². The Morgan fingerprint density at radius 3 is 2.68 bits per heavy atom. The molecule has 1 fully saturated rings. The number of methoxy groups -OCH3 is 1. The van der Waals surface area contributed by atoms with Gasteiger partial charge in [-0.3, -0.25) is 0 Å². The first kappa shape index (κ1) is 22.4. The van der Waals surface area contributed by atoms with E-state index in [2.05, 4.69) is 19.6 Å². The van der Waals surface area contributed by atoms with E-state index in [4.69, 9.17) is 10.5 Å². The highest BCUT2D eigenvalue weighted by molar-refractivity contribution is 14.0. The van der Waals surface area contributed by atoms with Crippen molar-refractivity contribution in [3.63, 3.8) is 0 Å². The zero-order valence-corrected chi connectivity index (χ0v) is 18.4. The third kappa shape index (κ3) is 5.80. The van der Waals surface area contributed by atoms with Crippen molar-refractivity contribution < 1.29 is 18.3 Å². The number of anilines is 1. The molecule has 1 aromatic carbocycles. The zero-order valence-electron chi connectivity index (χ0n) is 15.3. The predicted octanol–water partition coefficient (Wildman–Crippen LogP) is 3.01. The van der Waals surface area contributed by atoms with Crippen LogP contribution in [0.15, 0.2) is 34.8 Å². The van der Waals surface area contributed by atoms with Gasteiger partial charge in [0.05, 0.1) is 13.7 Å². The van der Waals surface area contributed by atoms with Gasteiger partial charge in [-0.2, -0.15) is 8.78 Å². The number of hydrogen-bond donors (Lipinski definition) is 1. The third-order valence-electron chi connectivity index (χ3n) is 4.19. The number of aliphatic imine (C=N–C) groups is 1. The van der Waals surface area contributed by atoms with Gasteiger partial charge in [-0.1, -0.05) is 0 Å². The number of ether oxygens (including phenoxy) is 2. The number of rotatable bonds is 6. The lowest BCUT2D eigenvalue weighted by Crippen LogP contribution is -2.51. The second-order valence-corrected chi connectivity index (χ2v) is 6.69. The molecule has 0 aliphatic carbocycles. The number of nitrogens with zero attached hydrogens (tertiary/aromatic N) is 4. The molecule has 0 bridgehead atoms. The van der Waals surface area contributed by atoms with E-state index in [-0.39, 0.29) is 36.3 Å². The van der Waals surface area contributed by atoms with Crippen LogP contribution < -0.4 is 20.1 Å². The Kier molecular flexibility index (Phi) is 8.48. The maximum absolute atomic E-state index is 12.6. The third-order valence-corrected chi connectivity index (χ3v) is 5.02. The molecule has 0 spiro atoms. The molecule has 0 radical (unpaired) electrons. The Morgan fingerprint density at radius 2 is 2.07 bits per heavy atom. The largest absolute Gasteiger partial charge is 0.497 e. The molecular formula is C17H22F2IN5O2S. The van der Waals surface area contributed by atoms with Gasteiger partial charge in [-0.05, 0) is 18.2 Å². The van der Waals surface area contributed by atoms with Crippen molar-refractivity contribution in [1.29, 1.82) is 0 Å². The monoisotopic (exact) mass is 525 g/mol. The summed E-state index contributed by atoms with van der Waals surface area (Å²) in [5.74, 6) is 0.980. The quantitative estimate of drug-likeness (QED) is 0.355. The molecule has 1 aliphatic rings. The lowest BCUT2D eigenvalue weighted by Gasteiger charge is -2.35. The number of piperazine rings is 1. The normalized spacial score (nSPS) is 14.8. The van der Waals surface area contributed by atoms with Crippen LogP contribution in [0.4, 0.5) is 13.9 Å². The average Bonchev–Trinajstić information content (AvgIpc) is 3.21. The summed E-state index contributed by atoms with van der Waals surface area (Å²) < 4.78 is 34.9. The van der Waals surface area contributed by atoms with Gasteiger partial charge < -0.3 is 25.0 Å². The van der Waals surface area contributed by atoms with Crippen LogP contribution >= 0.6 is 35.3 Å². The standard InChI is InChI=1S/C17H21F2N5O2S.HI/c1-25-13-2-3-14(26-15(18)19)12(10-13)11-22-16(20)23-5-7-24(8-6-23)17-21-4-9-27-17;/h2-4,9-10,15H,5-8,11H2,1H3,(H2,20,22);1H. The molecule has 28 heavy (non-hydrogen) atoms. The fourth-order valence-electron chi connectivity index (χ4n) is 2.78. The van der Waals surface area contributed by atoms with Crippen molar-refractivity contribution in [3.05, 3.63) is 35.3 Å². The molecule has 0 unspecified atom stereocenters. The Labute approximate surface area is 183 Å². The molecule has 154 valence electrons. The van der Waals surface area contributed by atoms with Gasteiger partial charge in [0.2, 0.25) is 0 Å². The molecule has 2 aromatic rings. The lowest BCUT2D eigenvalue weighted by molar-refractivity contribution is -0.0504. The highest BCUT2D eigenvalue weighted by Crippen LogP contribution is 2.26. The molecule has 11 heteroatoms. The minimum absolute atomic E-state index is 0. The van der Waals surface area contributed by atoms with Crippen molar-refractivity contribution in [2.45, 2.75) is 13.2 Å². The van der Waals surface area contributed by atoms with Gasteiger partial charge in [0.25, 0.3) is 0 Å². The molecular weight excluding hydrogens is 503 g/mol. The lowest BCUT2D eigenvalue weighted by atomic mass is 10.2. The van der Waals surface area contributed by atoms with Crippen LogP contribution in [-0.4, -0.2) is 55.7 Å². The molecule has 7 nitrogen and oxygen atoms in total. The van der Waals surface area contributed by atoms with E-state index < -0.39 is 6.61 Å². The number of benzene rings is 1. The molecule has 3 rings (SSSR count). The molecule has 0 saturated carbocycles. The first-order chi connectivity index (χ1) is 13.1. The maximum atomic E-state index is 12.6. The molecule has 2 heterocycles. The Bertz CT molecular complexity index is 771. The van der Waals surface area contributed by atoms with Crippen molar-refractivity contribution >= 4 is 46.4 Å². The van der Waals surface area contributed by atoms with Gasteiger partial charge in [0.15, 0.2) is 11.1 Å². The maximum Gasteiger partial charge on any atom is 0.387 e. The van der Waals surface area contributed by atoms with E-state index in [1.807, 2.05) is 10.3 Å². The summed E-state index contributed by atoms with van der Waals surface area (Å²) in [5.41, 5.74) is 6.59. The number of hydrogen-bond acceptors (Lipinski definition) is 6. The smallest absolute Gasteiger partial charge is 0.387 e. The van der Waals surface area contributed by atoms with E-state index in [9.17, 15) is 8.78 Å². The minimum atomic E-state index is -2.91. The van der Waals surface area contributed by atoms with Gasteiger partial charge in [0, 0.05) is 43.3 Å². The van der Waals surface area contributed by atoms with Crippen LogP contribution in [0, 0.1) is 0 Å². The highest BCUT2D eigenvalue weighted by atomic mass is 127. The summed E-state index contributed by atoms with van der Waals surface area (Å²) in [5, 5.41) is 2.94. The van der Waals surface area contributed by atoms with Crippen molar-refractivity contribution in [1.82, 2.24) is 9.88 Å². The minimum Gasteiger partial charge on any atom is -0.497 e. The molecule has 1 aromatic heterocycles. The number of guanidine groups is 1. The average molecular weight is 525 g/mol. The van der Waals surface area contributed by atoms with E-state index in [1.54, 1.807) is 29.7 Å². The van der Waals surface area contributed by atoms with E-state index in [0.717, 1.165) is 18.2 Å². The Hall–Kier alpha value is -1.89. The van der Waals surface area contributed by atoms with E-state index in [1.165, 1.54) is 13.2 Å². The first-order valence-electron chi connectivity index (χ1n) is 8.38. The van der Waals surface area contributed by atoms with Gasteiger partial charge in [-0.15, -0.1) is 35.3 Å². The van der Waals surface area contributed by atoms with Gasteiger partial charge in [-0.25, -0.2) is 9.98 Å². The van der Waals surface area contributed by atoms with Crippen LogP contribution in [-0.2, 0) is 6.54 Å². The summed E-state index contributed by atoms with van der Waals surface area (Å²) in [6.07, 6.45) is 1.79. The number of aromatic nitrogens is 1. The number of alkyl halides is 2. The predicted molar refractivity (Wildman–Crippen MR) is 116 cm³/mol. The second-order valence-electron chi connectivity index (χ2n) is 5.82. The van der Waals surface area contributed by atoms with Crippen molar-refractivity contribution in [3.8, 4) is 11.5 Å². The van der Waals surface area contributed by atoms with Crippen LogP contribution in [0.2, 0.25) is 0 Å². The fraction of sp³-hybridized carbons (Fsp3) is 0.412. The summed E-state index contributed by atoms with van der Waals surface area (Å²) in [4.78, 5) is 12.8. The SMILES string of the molecule is COc1ccc(OC(F)F)c(CN=C(N)N2CCN(c3nccs3)CC2)c1.I. The number of thiazole rings is 1. The summed E-state index contributed by atoms with van der Waals surface area (Å²) in [7, 11) is 1.51. The Balaban J connectivity index is 0.00000280.